The highest BCUT2D eigenvalue weighted by Crippen LogP contribution is 2.32. The summed E-state index contributed by atoms with van der Waals surface area (Å²) in [6.45, 7) is 2.94. The summed E-state index contributed by atoms with van der Waals surface area (Å²) in [5, 5.41) is 3.42. The maximum atomic E-state index is 5.90. The molecule has 1 fully saturated rings. The zero-order valence-electron chi connectivity index (χ0n) is 12.0. The lowest BCUT2D eigenvalue weighted by atomic mass is 9.74. The number of hydrogen-bond acceptors (Lipinski definition) is 2. The van der Waals surface area contributed by atoms with Crippen molar-refractivity contribution in [1.29, 1.82) is 0 Å². The normalized spacial score (nSPS) is 16.2. The molecule has 2 aromatic carbocycles. The van der Waals surface area contributed by atoms with Crippen LogP contribution >= 0.6 is 15.9 Å². The van der Waals surface area contributed by atoms with Crippen LogP contribution in [0.1, 0.15) is 12.0 Å². The fourth-order valence-electron chi connectivity index (χ4n) is 2.84. The lowest BCUT2D eigenvalue weighted by molar-refractivity contribution is 0.121. The van der Waals surface area contributed by atoms with Gasteiger partial charge in [0, 0.05) is 23.0 Å². The second kappa shape index (κ2) is 6.63. The topological polar surface area (TPSA) is 21.3 Å². The summed E-state index contributed by atoms with van der Waals surface area (Å²) in [4.78, 5) is 0. The smallest absolute Gasteiger partial charge is 0.120 e. The molecule has 0 spiro atoms. The standard InChI is InChI=1S/C18H20BrNO/c19-16-7-4-8-17(11-16)21-10-9-18(13-20-14-18)12-15-5-2-1-3-6-15/h1-8,11,20H,9-10,12-14H2. The molecule has 1 heterocycles. The van der Waals surface area contributed by atoms with Gasteiger partial charge in [-0.05, 0) is 36.6 Å². The van der Waals surface area contributed by atoms with Gasteiger partial charge in [0.15, 0.2) is 0 Å². The minimum atomic E-state index is 0.355. The van der Waals surface area contributed by atoms with Crippen LogP contribution in [0.25, 0.3) is 0 Å². The van der Waals surface area contributed by atoms with Gasteiger partial charge in [0.2, 0.25) is 0 Å². The van der Waals surface area contributed by atoms with E-state index in [1.54, 1.807) is 0 Å². The molecule has 21 heavy (non-hydrogen) atoms. The SMILES string of the molecule is Brc1cccc(OCCC2(Cc3ccccc3)CNC2)c1. The highest BCUT2D eigenvalue weighted by molar-refractivity contribution is 9.10. The van der Waals surface area contributed by atoms with Gasteiger partial charge in [-0.15, -0.1) is 0 Å². The molecule has 2 aromatic rings. The Balaban J connectivity index is 1.55. The maximum absolute atomic E-state index is 5.90. The summed E-state index contributed by atoms with van der Waals surface area (Å²) in [6, 6.07) is 18.8. The van der Waals surface area contributed by atoms with Crippen molar-refractivity contribution >= 4 is 15.9 Å². The van der Waals surface area contributed by atoms with Crippen molar-refractivity contribution in [1.82, 2.24) is 5.32 Å². The average molecular weight is 346 g/mol. The Morgan fingerprint density at radius 3 is 2.52 bits per heavy atom. The predicted octanol–water partition coefficient (Wildman–Crippen LogP) is 4.05. The van der Waals surface area contributed by atoms with E-state index in [1.807, 2.05) is 24.3 Å². The first-order valence-electron chi connectivity index (χ1n) is 7.39. The van der Waals surface area contributed by atoms with Crippen LogP contribution in [0.2, 0.25) is 0 Å². The van der Waals surface area contributed by atoms with E-state index < -0.39 is 0 Å². The van der Waals surface area contributed by atoms with Crippen molar-refractivity contribution in [2.75, 3.05) is 19.7 Å². The van der Waals surface area contributed by atoms with Crippen molar-refractivity contribution in [3.63, 3.8) is 0 Å². The monoisotopic (exact) mass is 345 g/mol. The zero-order chi connectivity index (χ0) is 14.5. The predicted molar refractivity (Wildman–Crippen MR) is 89.7 cm³/mol. The summed E-state index contributed by atoms with van der Waals surface area (Å²) >= 11 is 3.47. The first-order valence-corrected chi connectivity index (χ1v) is 8.18. The van der Waals surface area contributed by atoms with E-state index in [0.717, 1.165) is 42.8 Å². The molecular weight excluding hydrogens is 326 g/mol. The molecule has 0 bridgehead atoms. The van der Waals surface area contributed by atoms with Crippen LogP contribution in [0.5, 0.6) is 5.75 Å². The summed E-state index contributed by atoms with van der Waals surface area (Å²) in [5.41, 5.74) is 1.77. The summed E-state index contributed by atoms with van der Waals surface area (Å²) < 4.78 is 6.96. The Kier molecular flexibility index (Phi) is 4.61. The van der Waals surface area contributed by atoms with E-state index in [1.165, 1.54) is 5.56 Å². The lowest BCUT2D eigenvalue weighted by Gasteiger charge is -2.43. The van der Waals surface area contributed by atoms with Crippen molar-refractivity contribution in [2.45, 2.75) is 12.8 Å². The van der Waals surface area contributed by atoms with Gasteiger partial charge in [-0.2, -0.15) is 0 Å². The van der Waals surface area contributed by atoms with Gasteiger partial charge in [-0.3, -0.25) is 0 Å². The molecule has 1 aliphatic heterocycles. The van der Waals surface area contributed by atoms with Crippen LogP contribution in [0, 0.1) is 5.41 Å². The second-order valence-corrected chi connectivity index (χ2v) is 6.74. The van der Waals surface area contributed by atoms with Crippen LogP contribution in [0.4, 0.5) is 0 Å². The van der Waals surface area contributed by atoms with Crippen LogP contribution in [0.3, 0.4) is 0 Å². The molecule has 3 rings (SSSR count). The van der Waals surface area contributed by atoms with Crippen molar-refractivity contribution in [3.8, 4) is 5.75 Å². The van der Waals surface area contributed by atoms with Gasteiger partial charge >= 0.3 is 0 Å². The van der Waals surface area contributed by atoms with Gasteiger partial charge in [-0.1, -0.05) is 52.3 Å². The Morgan fingerprint density at radius 1 is 1.05 bits per heavy atom. The van der Waals surface area contributed by atoms with Crippen LogP contribution < -0.4 is 10.1 Å². The highest BCUT2D eigenvalue weighted by Gasteiger charge is 2.36. The van der Waals surface area contributed by atoms with Gasteiger partial charge in [0.1, 0.15) is 5.75 Å². The van der Waals surface area contributed by atoms with E-state index in [4.69, 9.17) is 4.74 Å². The summed E-state index contributed by atoms with van der Waals surface area (Å²) in [5.74, 6) is 0.937. The maximum Gasteiger partial charge on any atom is 0.120 e. The van der Waals surface area contributed by atoms with E-state index in [0.29, 0.717) is 5.41 Å². The van der Waals surface area contributed by atoms with E-state index >= 15 is 0 Å². The third-order valence-electron chi connectivity index (χ3n) is 4.12. The van der Waals surface area contributed by atoms with E-state index in [9.17, 15) is 0 Å². The number of halogens is 1. The molecule has 0 aliphatic carbocycles. The van der Waals surface area contributed by atoms with E-state index in [-0.39, 0.29) is 0 Å². The van der Waals surface area contributed by atoms with Crippen molar-refractivity contribution < 1.29 is 4.74 Å². The number of nitrogens with one attached hydrogen (secondary N) is 1. The molecule has 1 N–H and O–H groups in total. The van der Waals surface area contributed by atoms with Gasteiger partial charge < -0.3 is 10.1 Å². The molecular formula is C18H20BrNO. The third kappa shape index (κ3) is 3.86. The molecule has 3 heteroatoms. The fraction of sp³-hybridized carbons (Fsp3) is 0.333. The molecule has 1 aliphatic rings. The van der Waals surface area contributed by atoms with Crippen molar-refractivity contribution in [3.05, 3.63) is 64.6 Å². The fourth-order valence-corrected chi connectivity index (χ4v) is 3.22. The molecule has 1 saturated heterocycles. The molecule has 0 amide bonds. The lowest BCUT2D eigenvalue weighted by Crippen LogP contribution is -2.55. The van der Waals surface area contributed by atoms with Crippen LogP contribution in [-0.4, -0.2) is 19.7 Å². The van der Waals surface area contributed by atoms with E-state index in [2.05, 4.69) is 51.6 Å². The molecule has 0 atom stereocenters. The zero-order valence-corrected chi connectivity index (χ0v) is 13.6. The number of benzene rings is 2. The Bertz CT molecular complexity index is 581. The molecule has 0 saturated carbocycles. The summed E-state index contributed by atoms with van der Waals surface area (Å²) in [6.07, 6.45) is 2.21. The molecule has 0 unspecified atom stereocenters. The largest absolute Gasteiger partial charge is 0.494 e. The third-order valence-corrected chi connectivity index (χ3v) is 4.61. The van der Waals surface area contributed by atoms with Gasteiger partial charge in [0.05, 0.1) is 6.61 Å². The molecule has 2 nitrogen and oxygen atoms in total. The minimum Gasteiger partial charge on any atom is -0.494 e. The van der Waals surface area contributed by atoms with Crippen LogP contribution in [0.15, 0.2) is 59.1 Å². The minimum absolute atomic E-state index is 0.355. The molecule has 0 aromatic heterocycles. The number of ether oxygens (including phenoxy) is 1. The molecule has 0 radical (unpaired) electrons. The van der Waals surface area contributed by atoms with Gasteiger partial charge in [0.25, 0.3) is 0 Å². The average Bonchev–Trinajstić information content (AvgIpc) is 2.46. The highest BCUT2D eigenvalue weighted by atomic mass is 79.9. The molecule has 110 valence electrons. The van der Waals surface area contributed by atoms with Crippen LogP contribution in [-0.2, 0) is 6.42 Å². The Hall–Kier alpha value is -1.32. The summed E-state index contributed by atoms with van der Waals surface area (Å²) in [7, 11) is 0. The first-order chi connectivity index (χ1) is 10.3. The number of hydrogen-bond donors (Lipinski definition) is 1. The first kappa shape index (κ1) is 14.6. The van der Waals surface area contributed by atoms with Gasteiger partial charge in [-0.25, -0.2) is 0 Å². The Labute approximate surface area is 134 Å². The van der Waals surface area contributed by atoms with Crippen molar-refractivity contribution in [2.24, 2.45) is 5.41 Å². The number of rotatable bonds is 6. The quantitative estimate of drug-likeness (QED) is 0.852. The Morgan fingerprint density at radius 2 is 1.86 bits per heavy atom. The second-order valence-electron chi connectivity index (χ2n) is 5.82.